The third kappa shape index (κ3) is 3.12. The number of rotatable bonds is 4. The number of H-pyrrole nitrogens is 1. The predicted molar refractivity (Wildman–Crippen MR) is 88.9 cm³/mol. The molecule has 0 amide bonds. The number of hydrogen-bond acceptors (Lipinski definition) is 3. The zero-order valence-electron chi connectivity index (χ0n) is 13.4. The summed E-state index contributed by atoms with van der Waals surface area (Å²) in [5.41, 5.74) is 4.78. The minimum Gasteiger partial charge on any atom is -0.326 e. The first-order chi connectivity index (χ1) is 10.7. The van der Waals surface area contributed by atoms with Crippen LogP contribution in [0.15, 0.2) is 29.1 Å². The fourth-order valence-electron chi connectivity index (χ4n) is 3.08. The molecule has 3 heterocycles. The lowest BCUT2D eigenvalue weighted by Gasteiger charge is -2.15. The summed E-state index contributed by atoms with van der Waals surface area (Å²) in [5, 5.41) is 0. The van der Waals surface area contributed by atoms with Crippen molar-refractivity contribution < 1.29 is 0 Å². The standard InChI is InChI=1S/C18H23N3O/c1-3-14-11-16(13(2)19-18(14)22)17-8-6-7-15(20-17)12-21-9-4-5-10-21/h6-8,11H,3-5,9-10,12H2,1-2H3,(H,19,22). The molecule has 0 saturated carbocycles. The minimum absolute atomic E-state index is 0.0111. The highest BCUT2D eigenvalue weighted by Crippen LogP contribution is 2.21. The Hall–Kier alpha value is -1.94. The first-order valence-electron chi connectivity index (χ1n) is 8.09. The maximum Gasteiger partial charge on any atom is 0.251 e. The van der Waals surface area contributed by atoms with E-state index >= 15 is 0 Å². The van der Waals surface area contributed by atoms with Gasteiger partial charge in [-0.15, -0.1) is 0 Å². The Morgan fingerprint density at radius 2 is 2.05 bits per heavy atom. The first kappa shape index (κ1) is 15.0. The molecular weight excluding hydrogens is 274 g/mol. The maximum atomic E-state index is 11.9. The van der Waals surface area contributed by atoms with E-state index in [1.807, 2.05) is 26.0 Å². The van der Waals surface area contributed by atoms with Gasteiger partial charge in [0.1, 0.15) is 0 Å². The van der Waals surface area contributed by atoms with Crippen molar-refractivity contribution in [3.05, 3.63) is 51.6 Å². The van der Waals surface area contributed by atoms with E-state index < -0.39 is 0 Å². The molecule has 1 saturated heterocycles. The minimum atomic E-state index is 0.0111. The number of nitrogens with zero attached hydrogens (tertiary/aromatic N) is 2. The Kier molecular flexibility index (Phi) is 4.39. The average Bonchev–Trinajstić information content (AvgIpc) is 3.00. The van der Waals surface area contributed by atoms with Crippen LogP contribution >= 0.6 is 0 Å². The van der Waals surface area contributed by atoms with Crippen LogP contribution in [0.4, 0.5) is 0 Å². The number of nitrogens with one attached hydrogen (secondary N) is 1. The molecule has 116 valence electrons. The van der Waals surface area contributed by atoms with E-state index in [9.17, 15) is 4.79 Å². The molecule has 1 aliphatic rings. The van der Waals surface area contributed by atoms with Crippen molar-refractivity contribution in [2.75, 3.05) is 13.1 Å². The second-order valence-electron chi connectivity index (χ2n) is 6.01. The fourth-order valence-corrected chi connectivity index (χ4v) is 3.08. The normalized spacial score (nSPS) is 15.4. The van der Waals surface area contributed by atoms with Gasteiger partial charge < -0.3 is 4.98 Å². The summed E-state index contributed by atoms with van der Waals surface area (Å²) in [5.74, 6) is 0. The largest absolute Gasteiger partial charge is 0.326 e. The summed E-state index contributed by atoms with van der Waals surface area (Å²) in [6.07, 6.45) is 3.31. The number of hydrogen-bond donors (Lipinski definition) is 1. The van der Waals surface area contributed by atoms with Gasteiger partial charge in [-0.2, -0.15) is 0 Å². The van der Waals surface area contributed by atoms with Crippen molar-refractivity contribution in [2.24, 2.45) is 0 Å². The van der Waals surface area contributed by atoms with Crippen molar-refractivity contribution in [2.45, 2.75) is 39.7 Å². The Morgan fingerprint density at radius 3 is 2.77 bits per heavy atom. The molecule has 0 aliphatic carbocycles. The van der Waals surface area contributed by atoms with Crippen molar-refractivity contribution in [3.63, 3.8) is 0 Å². The molecule has 0 radical (unpaired) electrons. The first-order valence-corrected chi connectivity index (χ1v) is 8.09. The summed E-state index contributed by atoms with van der Waals surface area (Å²) in [6, 6.07) is 8.15. The third-order valence-corrected chi connectivity index (χ3v) is 4.36. The molecular formula is C18H23N3O. The van der Waals surface area contributed by atoms with Gasteiger partial charge >= 0.3 is 0 Å². The number of likely N-dealkylation sites (tertiary alicyclic amines) is 1. The van der Waals surface area contributed by atoms with Crippen LogP contribution in [0.3, 0.4) is 0 Å². The predicted octanol–water partition coefficient (Wildman–Crippen LogP) is 2.90. The molecule has 0 unspecified atom stereocenters. The second-order valence-corrected chi connectivity index (χ2v) is 6.01. The number of aromatic amines is 1. The highest BCUT2D eigenvalue weighted by Gasteiger charge is 2.13. The highest BCUT2D eigenvalue weighted by molar-refractivity contribution is 5.62. The molecule has 3 rings (SSSR count). The van der Waals surface area contributed by atoms with Crippen molar-refractivity contribution in [1.82, 2.24) is 14.9 Å². The second kappa shape index (κ2) is 6.44. The summed E-state index contributed by atoms with van der Waals surface area (Å²) < 4.78 is 0. The van der Waals surface area contributed by atoms with Crippen molar-refractivity contribution in [1.29, 1.82) is 0 Å². The fraction of sp³-hybridized carbons (Fsp3) is 0.444. The summed E-state index contributed by atoms with van der Waals surface area (Å²) in [7, 11) is 0. The van der Waals surface area contributed by atoms with Gasteiger partial charge in [-0.1, -0.05) is 13.0 Å². The molecule has 1 fully saturated rings. The third-order valence-electron chi connectivity index (χ3n) is 4.36. The topological polar surface area (TPSA) is 49.0 Å². The smallest absolute Gasteiger partial charge is 0.251 e. The molecule has 2 aromatic rings. The maximum absolute atomic E-state index is 11.9. The van der Waals surface area contributed by atoms with E-state index in [4.69, 9.17) is 4.98 Å². The van der Waals surface area contributed by atoms with E-state index in [1.165, 1.54) is 25.9 Å². The van der Waals surface area contributed by atoms with E-state index in [2.05, 4.69) is 22.0 Å². The Morgan fingerprint density at radius 1 is 1.27 bits per heavy atom. The summed E-state index contributed by atoms with van der Waals surface area (Å²) >= 11 is 0. The SMILES string of the molecule is CCc1cc(-c2cccc(CN3CCCC3)n2)c(C)[nH]c1=O. The Labute approximate surface area is 131 Å². The number of aryl methyl sites for hydroxylation is 2. The Balaban J connectivity index is 1.93. The van der Waals surface area contributed by atoms with Crippen LogP contribution in [0.25, 0.3) is 11.3 Å². The lowest BCUT2D eigenvalue weighted by molar-refractivity contribution is 0.327. The molecule has 0 spiro atoms. The van der Waals surface area contributed by atoms with E-state index in [-0.39, 0.29) is 5.56 Å². The molecule has 2 aromatic heterocycles. The van der Waals surface area contributed by atoms with Crippen LogP contribution < -0.4 is 5.56 Å². The van der Waals surface area contributed by atoms with Crippen molar-refractivity contribution >= 4 is 0 Å². The summed E-state index contributed by atoms with van der Waals surface area (Å²) in [6.45, 7) is 7.19. The molecule has 1 aliphatic heterocycles. The van der Waals surface area contributed by atoms with Gasteiger partial charge in [0, 0.05) is 23.4 Å². The highest BCUT2D eigenvalue weighted by atomic mass is 16.1. The molecule has 1 N–H and O–H groups in total. The van der Waals surface area contributed by atoms with Crippen LogP contribution in [0, 0.1) is 6.92 Å². The molecule has 0 aromatic carbocycles. The van der Waals surface area contributed by atoms with E-state index in [0.717, 1.165) is 41.2 Å². The quantitative estimate of drug-likeness (QED) is 0.944. The van der Waals surface area contributed by atoms with E-state index in [0.29, 0.717) is 0 Å². The van der Waals surface area contributed by atoms with Gasteiger partial charge in [0.05, 0.1) is 11.4 Å². The summed E-state index contributed by atoms with van der Waals surface area (Å²) in [4.78, 5) is 22.1. The van der Waals surface area contributed by atoms with Gasteiger partial charge in [-0.25, -0.2) is 0 Å². The van der Waals surface area contributed by atoms with E-state index in [1.54, 1.807) is 0 Å². The van der Waals surface area contributed by atoms with Crippen LogP contribution in [-0.4, -0.2) is 28.0 Å². The van der Waals surface area contributed by atoms with Gasteiger partial charge in [0.25, 0.3) is 5.56 Å². The lowest BCUT2D eigenvalue weighted by atomic mass is 10.1. The molecule has 0 atom stereocenters. The average molecular weight is 297 g/mol. The number of aromatic nitrogens is 2. The monoisotopic (exact) mass is 297 g/mol. The van der Waals surface area contributed by atoms with Crippen molar-refractivity contribution in [3.8, 4) is 11.3 Å². The van der Waals surface area contributed by atoms with Gasteiger partial charge in [0.2, 0.25) is 0 Å². The van der Waals surface area contributed by atoms with Gasteiger partial charge in [-0.05, 0) is 57.5 Å². The Bertz CT molecular complexity index is 715. The number of pyridine rings is 2. The molecule has 4 heteroatoms. The molecule has 0 bridgehead atoms. The van der Waals surface area contributed by atoms with Gasteiger partial charge in [-0.3, -0.25) is 14.7 Å². The van der Waals surface area contributed by atoms with Crippen LogP contribution in [0.5, 0.6) is 0 Å². The zero-order valence-corrected chi connectivity index (χ0v) is 13.4. The van der Waals surface area contributed by atoms with Crippen LogP contribution in [0.1, 0.15) is 36.7 Å². The van der Waals surface area contributed by atoms with Crippen LogP contribution in [-0.2, 0) is 13.0 Å². The van der Waals surface area contributed by atoms with Gasteiger partial charge in [0.15, 0.2) is 0 Å². The zero-order chi connectivity index (χ0) is 15.5. The van der Waals surface area contributed by atoms with Crippen LogP contribution in [0.2, 0.25) is 0 Å². The molecule has 4 nitrogen and oxygen atoms in total. The lowest BCUT2D eigenvalue weighted by Crippen LogP contribution is -2.19. The molecule has 22 heavy (non-hydrogen) atoms.